The molecule has 0 saturated carbocycles. The lowest BCUT2D eigenvalue weighted by Crippen LogP contribution is -2.40. The van der Waals surface area contributed by atoms with E-state index in [0.29, 0.717) is 13.2 Å². The van der Waals surface area contributed by atoms with Crippen LogP contribution in [0.3, 0.4) is 0 Å². The van der Waals surface area contributed by atoms with E-state index in [9.17, 15) is 5.11 Å². The molecule has 4 heteroatoms. The van der Waals surface area contributed by atoms with Crippen LogP contribution in [0, 0.1) is 5.41 Å². The average Bonchev–Trinajstić information content (AvgIpc) is 2.60. The Morgan fingerprint density at radius 1 is 1.50 bits per heavy atom. The molecule has 1 fully saturated rings. The van der Waals surface area contributed by atoms with E-state index in [2.05, 4.69) is 5.10 Å². The highest BCUT2D eigenvalue weighted by atomic mass is 16.5. The number of aromatic nitrogens is 2. The number of aryl methyl sites for hydroxylation is 1. The molecule has 14 heavy (non-hydrogen) atoms. The molecule has 1 aliphatic rings. The van der Waals surface area contributed by atoms with E-state index in [1.54, 1.807) is 10.9 Å². The van der Waals surface area contributed by atoms with Crippen molar-refractivity contribution in [1.29, 1.82) is 0 Å². The molecule has 1 aromatic heterocycles. The second-order valence-electron chi connectivity index (χ2n) is 4.64. The molecule has 1 aromatic rings. The van der Waals surface area contributed by atoms with Gasteiger partial charge in [0.1, 0.15) is 5.60 Å². The van der Waals surface area contributed by atoms with E-state index in [0.717, 1.165) is 5.56 Å². The van der Waals surface area contributed by atoms with Crippen molar-refractivity contribution in [1.82, 2.24) is 9.78 Å². The van der Waals surface area contributed by atoms with Crippen LogP contribution in [-0.2, 0) is 17.4 Å². The summed E-state index contributed by atoms with van der Waals surface area (Å²) in [5, 5.41) is 14.6. The summed E-state index contributed by atoms with van der Waals surface area (Å²) < 4.78 is 7.05. The Morgan fingerprint density at radius 2 is 2.21 bits per heavy atom. The quantitative estimate of drug-likeness (QED) is 0.718. The fraction of sp³-hybridized carbons (Fsp3) is 0.700. The maximum atomic E-state index is 10.5. The van der Waals surface area contributed by atoms with Gasteiger partial charge in [0, 0.05) is 24.2 Å². The lowest BCUT2D eigenvalue weighted by Gasteiger charge is -2.33. The van der Waals surface area contributed by atoms with Gasteiger partial charge in [-0.15, -0.1) is 0 Å². The standard InChI is InChI=1S/C10H16N2O2/c1-9(2)6-14-7-10(9,13)8-4-11-12(3)5-8/h4-5,13H,6-7H2,1-3H3. The third-order valence-corrected chi connectivity index (χ3v) is 3.08. The molecule has 1 aliphatic heterocycles. The van der Waals surface area contributed by atoms with E-state index in [-0.39, 0.29) is 5.41 Å². The minimum absolute atomic E-state index is 0.254. The first kappa shape index (κ1) is 9.68. The van der Waals surface area contributed by atoms with Gasteiger partial charge in [-0.1, -0.05) is 13.8 Å². The smallest absolute Gasteiger partial charge is 0.123 e. The molecule has 78 valence electrons. The largest absolute Gasteiger partial charge is 0.382 e. The van der Waals surface area contributed by atoms with Gasteiger partial charge in [-0.3, -0.25) is 4.68 Å². The van der Waals surface area contributed by atoms with Crippen molar-refractivity contribution >= 4 is 0 Å². The van der Waals surface area contributed by atoms with Crippen LogP contribution in [0.2, 0.25) is 0 Å². The summed E-state index contributed by atoms with van der Waals surface area (Å²) in [6.07, 6.45) is 3.55. The second-order valence-corrected chi connectivity index (χ2v) is 4.64. The van der Waals surface area contributed by atoms with Crippen LogP contribution in [0.4, 0.5) is 0 Å². The van der Waals surface area contributed by atoms with Crippen molar-refractivity contribution in [2.24, 2.45) is 12.5 Å². The van der Waals surface area contributed by atoms with Gasteiger partial charge in [-0.25, -0.2) is 0 Å². The molecule has 4 nitrogen and oxygen atoms in total. The summed E-state index contributed by atoms with van der Waals surface area (Å²) in [5.74, 6) is 0. The number of nitrogens with zero attached hydrogens (tertiary/aromatic N) is 2. The molecule has 1 atom stereocenters. The van der Waals surface area contributed by atoms with E-state index in [4.69, 9.17) is 4.74 Å². The fourth-order valence-corrected chi connectivity index (χ4v) is 1.88. The van der Waals surface area contributed by atoms with Crippen LogP contribution in [0.15, 0.2) is 12.4 Å². The van der Waals surface area contributed by atoms with Gasteiger partial charge >= 0.3 is 0 Å². The molecular weight excluding hydrogens is 180 g/mol. The van der Waals surface area contributed by atoms with Crippen molar-refractivity contribution in [2.45, 2.75) is 19.4 Å². The Bertz CT molecular complexity index is 346. The SMILES string of the molecule is Cn1cc(C2(O)COCC2(C)C)cn1. The van der Waals surface area contributed by atoms with Crippen LogP contribution in [0.5, 0.6) is 0 Å². The maximum absolute atomic E-state index is 10.5. The molecule has 0 aromatic carbocycles. The van der Waals surface area contributed by atoms with Crippen molar-refractivity contribution in [3.63, 3.8) is 0 Å². The van der Waals surface area contributed by atoms with Crippen LogP contribution in [-0.4, -0.2) is 28.1 Å². The monoisotopic (exact) mass is 196 g/mol. The van der Waals surface area contributed by atoms with E-state index in [1.165, 1.54) is 0 Å². The first-order chi connectivity index (χ1) is 6.46. The molecular formula is C10H16N2O2. The summed E-state index contributed by atoms with van der Waals surface area (Å²) in [5.41, 5.74) is -0.320. The summed E-state index contributed by atoms with van der Waals surface area (Å²) >= 11 is 0. The Kier molecular flexibility index (Phi) is 1.94. The Labute approximate surface area is 83.5 Å². The summed E-state index contributed by atoms with van der Waals surface area (Å²) in [7, 11) is 1.84. The Hall–Kier alpha value is -0.870. The van der Waals surface area contributed by atoms with E-state index >= 15 is 0 Å². The van der Waals surface area contributed by atoms with Crippen molar-refractivity contribution in [3.8, 4) is 0 Å². The average molecular weight is 196 g/mol. The van der Waals surface area contributed by atoms with E-state index < -0.39 is 5.60 Å². The fourth-order valence-electron chi connectivity index (χ4n) is 1.88. The molecule has 2 heterocycles. The van der Waals surface area contributed by atoms with Crippen molar-refractivity contribution in [3.05, 3.63) is 18.0 Å². The molecule has 2 rings (SSSR count). The normalized spacial score (nSPS) is 30.9. The highest BCUT2D eigenvalue weighted by Crippen LogP contribution is 2.44. The van der Waals surface area contributed by atoms with Crippen LogP contribution in [0.1, 0.15) is 19.4 Å². The molecule has 1 saturated heterocycles. The molecule has 0 bridgehead atoms. The summed E-state index contributed by atoms with van der Waals surface area (Å²) in [6.45, 7) is 4.95. The van der Waals surface area contributed by atoms with Crippen molar-refractivity contribution in [2.75, 3.05) is 13.2 Å². The van der Waals surface area contributed by atoms with Gasteiger partial charge < -0.3 is 9.84 Å². The molecule has 0 radical (unpaired) electrons. The Morgan fingerprint density at radius 3 is 2.64 bits per heavy atom. The van der Waals surface area contributed by atoms with E-state index in [1.807, 2.05) is 27.1 Å². The van der Waals surface area contributed by atoms with Crippen LogP contribution >= 0.6 is 0 Å². The molecule has 1 N–H and O–H groups in total. The highest BCUT2D eigenvalue weighted by molar-refractivity contribution is 5.21. The predicted molar refractivity (Wildman–Crippen MR) is 51.7 cm³/mol. The summed E-state index contributed by atoms with van der Waals surface area (Å²) in [4.78, 5) is 0. The van der Waals surface area contributed by atoms with Gasteiger partial charge in [-0.05, 0) is 0 Å². The minimum atomic E-state index is -0.902. The molecule has 0 spiro atoms. The number of hydrogen-bond donors (Lipinski definition) is 1. The van der Waals surface area contributed by atoms with Gasteiger partial charge in [0.25, 0.3) is 0 Å². The minimum Gasteiger partial charge on any atom is -0.382 e. The lowest BCUT2D eigenvalue weighted by atomic mass is 9.74. The topological polar surface area (TPSA) is 47.3 Å². The van der Waals surface area contributed by atoms with Gasteiger partial charge in [0.2, 0.25) is 0 Å². The number of ether oxygens (including phenoxy) is 1. The third kappa shape index (κ3) is 1.18. The summed E-state index contributed by atoms with van der Waals surface area (Å²) in [6, 6.07) is 0. The van der Waals surface area contributed by atoms with Gasteiger partial charge in [-0.2, -0.15) is 5.10 Å². The maximum Gasteiger partial charge on any atom is 0.123 e. The first-order valence-corrected chi connectivity index (χ1v) is 4.75. The molecule has 0 aliphatic carbocycles. The number of rotatable bonds is 1. The number of hydrogen-bond acceptors (Lipinski definition) is 3. The zero-order chi connectivity index (χ0) is 10.4. The third-order valence-electron chi connectivity index (χ3n) is 3.08. The van der Waals surface area contributed by atoms with Crippen LogP contribution < -0.4 is 0 Å². The highest BCUT2D eigenvalue weighted by Gasteiger charge is 2.50. The first-order valence-electron chi connectivity index (χ1n) is 4.75. The molecule has 0 amide bonds. The van der Waals surface area contributed by atoms with Crippen LogP contribution in [0.25, 0.3) is 0 Å². The molecule has 1 unspecified atom stereocenters. The van der Waals surface area contributed by atoms with Crippen molar-refractivity contribution < 1.29 is 9.84 Å². The lowest BCUT2D eigenvalue weighted by molar-refractivity contribution is -0.0382. The van der Waals surface area contributed by atoms with Gasteiger partial charge in [0.15, 0.2) is 0 Å². The number of aliphatic hydroxyl groups is 1. The Balaban J connectivity index is 2.41. The van der Waals surface area contributed by atoms with Gasteiger partial charge in [0.05, 0.1) is 19.4 Å². The predicted octanol–water partition coefficient (Wildman–Crippen LogP) is 0.664. The zero-order valence-electron chi connectivity index (χ0n) is 8.82. The second kappa shape index (κ2) is 2.81. The zero-order valence-corrected chi connectivity index (χ0v) is 8.82.